The van der Waals surface area contributed by atoms with E-state index in [1.54, 1.807) is 11.8 Å². The van der Waals surface area contributed by atoms with Crippen molar-refractivity contribution in [3.8, 4) is 0 Å². The molecular formula is C31H36ClN3O4S. The molecule has 3 atom stereocenters. The first kappa shape index (κ1) is 29.9. The van der Waals surface area contributed by atoms with Gasteiger partial charge in [0.1, 0.15) is 6.04 Å². The zero-order valence-corrected chi connectivity index (χ0v) is 24.1. The number of alkyl carbamates (subject to hydrolysis) is 1. The maximum absolute atomic E-state index is 13.5. The van der Waals surface area contributed by atoms with Crippen LogP contribution in [0.4, 0.5) is 4.79 Å². The van der Waals surface area contributed by atoms with Gasteiger partial charge in [-0.05, 0) is 48.2 Å². The summed E-state index contributed by atoms with van der Waals surface area (Å²) in [5.74, 6) is 0.206. The number of hydrogen-bond acceptors (Lipinski definition) is 6. The van der Waals surface area contributed by atoms with Crippen molar-refractivity contribution >= 4 is 35.4 Å². The van der Waals surface area contributed by atoms with Gasteiger partial charge < -0.3 is 25.4 Å². The van der Waals surface area contributed by atoms with E-state index in [2.05, 4.69) is 16.0 Å². The Balaban J connectivity index is 1.32. The number of amides is 2. The molecule has 0 spiro atoms. The molecule has 0 saturated carbocycles. The zero-order valence-electron chi connectivity index (χ0n) is 22.6. The SMILES string of the molecule is COC(=O)N[C@H](C(=O)NCCCC1CNC[C@@H](CSc2ccc(Cl)cc2)O1)C(c1ccccc1)c1ccccc1. The van der Waals surface area contributed by atoms with Gasteiger partial charge in [-0.3, -0.25) is 4.79 Å². The van der Waals surface area contributed by atoms with Crippen LogP contribution in [0.3, 0.4) is 0 Å². The average molecular weight is 582 g/mol. The number of ether oxygens (including phenoxy) is 2. The molecular weight excluding hydrogens is 546 g/mol. The quantitative estimate of drug-likeness (QED) is 0.200. The predicted octanol–water partition coefficient (Wildman–Crippen LogP) is 5.24. The molecule has 4 rings (SSSR count). The molecule has 40 heavy (non-hydrogen) atoms. The summed E-state index contributed by atoms with van der Waals surface area (Å²) in [4.78, 5) is 26.9. The third-order valence-corrected chi connectivity index (χ3v) is 8.17. The minimum atomic E-state index is -0.848. The first-order valence-corrected chi connectivity index (χ1v) is 14.9. The summed E-state index contributed by atoms with van der Waals surface area (Å²) in [6.45, 7) is 2.07. The van der Waals surface area contributed by atoms with Crippen molar-refractivity contribution in [2.24, 2.45) is 0 Å². The van der Waals surface area contributed by atoms with Crippen LogP contribution in [0.25, 0.3) is 0 Å². The highest BCUT2D eigenvalue weighted by molar-refractivity contribution is 7.99. The third-order valence-electron chi connectivity index (χ3n) is 6.77. The predicted molar refractivity (Wildman–Crippen MR) is 160 cm³/mol. The van der Waals surface area contributed by atoms with Gasteiger partial charge in [-0.25, -0.2) is 4.79 Å². The van der Waals surface area contributed by atoms with Crippen LogP contribution in [0, 0.1) is 0 Å². The molecule has 1 fully saturated rings. The van der Waals surface area contributed by atoms with Crippen molar-refractivity contribution in [3.05, 3.63) is 101 Å². The molecule has 0 aromatic heterocycles. The number of morpholine rings is 1. The fraction of sp³-hybridized carbons (Fsp3) is 0.355. The molecule has 1 heterocycles. The van der Waals surface area contributed by atoms with E-state index in [0.717, 1.165) is 52.7 Å². The van der Waals surface area contributed by atoms with Gasteiger partial charge in [0.25, 0.3) is 0 Å². The lowest BCUT2D eigenvalue weighted by molar-refractivity contribution is -0.123. The Morgan fingerprint density at radius 3 is 2.23 bits per heavy atom. The molecule has 7 nitrogen and oxygen atoms in total. The lowest BCUT2D eigenvalue weighted by atomic mass is 9.84. The number of nitrogens with one attached hydrogen (secondary N) is 3. The highest BCUT2D eigenvalue weighted by Crippen LogP contribution is 2.29. The van der Waals surface area contributed by atoms with E-state index >= 15 is 0 Å². The Morgan fingerprint density at radius 1 is 0.975 bits per heavy atom. The van der Waals surface area contributed by atoms with E-state index in [0.29, 0.717) is 6.54 Å². The first-order valence-electron chi connectivity index (χ1n) is 13.5. The maximum atomic E-state index is 13.5. The largest absolute Gasteiger partial charge is 0.453 e. The van der Waals surface area contributed by atoms with Crippen molar-refractivity contribution in [1.82, 2.24) is 16.0 Å². The summed E-state index contributed by atoms with van der Waals surface area (Å²) in [5, 5.41) is 10.0. The van der Waals surface area contributed by atoms with Gasteiger partial charge in [-0.15, -0.1) is 11.8 Å². The van der Waals surface area contributed by atoms with Crippen molar-refractivity contribution in [2.75, 3.05) is 32.5 Å². The minimum Gasteiger partial charge on any atom is -0.453 e. The molecule has 0 bridgehead atoms. The molecule has 1 unspecified atom stereocenters. The molecule has 2 amide bonds. The molecule has 3 N–H and O–H groups in total. The van der Waals surface area contributed by atoms with Crippen LogP contribution in [-0.2, 0) is 14.3 Å². The molecule has 1 saturated heterocycles. The number of halogens is 1. The van der Waals surface area contributed by atoms with E-state index in [4.69, 9.17) is 21.1 Å². The van der Waals surface area contributed by atoms with Gasteiger partial charge in [0.05, 0.1) is 19.3 Å². The summed E-state index contributed by atoms with van der Waals surface area (Å²) in [6, 6.07) is 26.4. The standard InChI is InChI=1S/C31H36ClN3O4S/c1-38-31(37)35-29(28(22-9-4-2-5-10-22)23-11-6-3-7-12-23)30(36)34-18-8-13-25-19-33-20-26(39-25)21-40-27-16-14-24(32)15-17-27/h2-7,9-12,14-17,25-26,28-29,33H,8,13,18-21H2,1H3,(H,34,36)(H,35,37)/t25?,26-,29-/m0/s1. The Kier molecular flexibility index (Phi) is 11.7. The van der Waals surface area contributed by atoms with E-state index in [-0.39, 0.29) is 24.0 Å². The van der Waals surface area contributed by atoms with Crippen LogP contribution < -0.4 is 16.0 Å². The van der Waals surface area contributed by atoms with E-state index in [9.17, 15) is 9.59 Å². The van der Waals surface area contributed by atoms with Gasteiger partial charge in [-0.1, -0.05) is 72.3 Å². The Labute approximate surface area is 245 Å². The fourth-order valence-electron chi connectivity index (χ4n) is 4.80. The molecule has 0 aliphatic carbocycles. The number of thioether (sulfide) groups is 1. The summed E-state index contributed by atoms with van der Waals surface area (Å²) < 4.78 is 11.2. The van der Waals surface area contributed by atoms with Crippen molar-refractivity contribution in [3.63, 3.8) is 0 Å². The molecule has 1 aliphatic heterocycles. The lowest BCUT2D eigenvalue weighted by Gasteiger charge is -2.31. The van der Waals surface area contributed by atoms with Crippen LogP contribution in [0.15, 0.2) is 89.8 Å². The van der Waals surface area contributed by atoms with Crippen LogP contribution >= 0.6 is 23.4 Å². The van der Waals surface area contributed by atoms with Gasteiger partial charge in [0.2, 0.25) is 5.91 Å². The normalized spacial score (nSPS) is 17.7. The summed E-state index contributed by atoms with van der Waals surface area (Å²) >= 11 is 7.74. The van der Waals surface area contributed by atoms with E-state index in [1.165, 1.54) is 7.11 Å². The highest BCUT2D eigenvalue weighted by Gasteiger charge is 2.32. The molecule has 9 heteroatoms. The number of carbonyl (C=O) groups is 2. The second-order valence-corrected chi connectivity index (χ2v) is 11.2. The summed E-state index contributed by atoms with van der Waals surface area (Å²) in [6.07, 6.45) is 1.10. The van der Waals surface area contributed by atoms with Crippen LogP contribution in [0.5, 0.6) is 0 Å². The molecule has 1 aliphatic rings. The third kappa shape index (κ3) is 8.99. The maximum Gasteiger partial charge on any atom is 0.407 e. The Bertz CT molecular complexity index is 1160. The minimum absolute atomic E-state index is 0.0758. The second kappa shape index (κ2) is 15.7. The van der Waals surface area contributed by atoms with Gasteiger partial charge >= 0.3 is 6.09 Å². The fourth-order valence-corrected chi connectivity index (χ4v) is 5.83. The van der Waals surface area contributed by atoms with Gasteiger partial charge in [0.15, 0.2) is 0 Å². The number of hydrogen-bond donors (Lipinski definition) is 3. The summed E-state index contributed by atoms with van der Waals surface area (Å²) in [7, 11) is 1.30. The Hall–Kier alpha value is -3.04. The Morgan fingerprint density at radius 2 is 1.60 bits per heavy atom. The monoisotopic (exact) mass is 581 g/mol. The molecule has 0 radical (unpaired) electrons. The van der Waals surface area contributed by atoms with Crippen molar-refractivity contribution in [2.45, 2.75) is 41.9 Å². The van der Waals surface area contributed by atoms with Gasteiger partial charge in [0, 0.05) is 41.2 Å². The number of carbonyl (C=O) groups excluding carboxylic acids is 2. The molecule has 3 aromatic carbocycles. The van der Waals surface area contributed by atoms with Crippen molar-refractivity contribution < 1.29 is 19.1 Å². The van der Waals surface area contributed by atoms with Gasteiger partial charge in [-0.2, -0.15) is 0 Å². The number of benzene rings is 3. The topological polar surface area (TPSA) is 88.7 Å². The molecule has 3 aromatic rings. The summed E-state index contributed by atoms with van der Waals surface area (Å²) in [5.41, 5.74) is 1.85. The van der Waals surface area contributed by atoms with E-state index in [1.807, 2.05) is 84.9 Å². The zero-order chi connectivity index (χ0) is 28.2. The molecule has 212 valence electrons. The number of rotatable bonds is 12. The number of methoxy groups -OCH3 is 1. The second-order valence-electron chi connectivity index (χ2n) is 9.65. The smallest absolute Gasteiger partial charge is 0.407 e. The van der Waals surface area contributed by atoms with E-state index < -0.39 is 12.1 Å². The van der Waals surface area contributed by atoms with Crippen LogP contribution in [0.2, 0.25) is 5.02 Å². The van der Waals surface area contributed by atoms with Crippen molar-refractivity contribution in [1.29, 1.82) is 0 Å². The van der Waals surface area contributed by atoms with Crippen LogP contribution in [0.1, 0.15) is 29.9 Å². The highest BCUT2D eigenvalue weighted by atomic mass is 35.5. The average Bonchev–Trinajstić information content (AvgIpc) is 3.00. The lowest BCUT2D eigenvalue weighted by Crippen LogP contribution is -2.50. The first-order chi connectivity index (χ1) is 19.5. The van der Waals surface area contributed by atoms with Crippen LogP contribution in [-0.4, -0.2) is 62.7 Å².